The molecule has 1 rings (SSSR count). The van der Waals surface area contributed by atoms with Gasteiger partial charge in [0.15, 0.2) is 0 Å². The summed E-state index contributed by atoms with van der Waals surface area (Å²) >= 11 is 0. The van der Waals surface area contributed by atoms with E-state index in [4.69, 9.17) is 5.73 Å². The molecular weight excluding hydrogens is 174 g/mol. The fourth-order valence-electron chi connectivity index (χ4n) is 1.33. The minimum Gasteiger partial charge on any atom is -0.387 e. The molecule has 0 spiro atoms. The fraction of sp³-hybridized carbons (Fsp3) is 0.500. The van der Waals surface area contributed by atoms with Gasteiger partial charge in [0.25, 0.3) is 0 Å². The summed E-state index contributed by atoms with van der Waals surface area (Å²) in [5, 5.41) is 10.00. The smallest absolute Gasteiger partial charge is 0.0945 e. The lowest BCUT2D eigenvalue weighted by Crippen LogP contribution is -2.40. The fourth-order valence-corrected chi connectivity index (χ4v) is 1.33. The second kappa shape index (κ2) is 4.11. The van der Waals surface area contributed by atoms with Crippen molar-refractivity contribution in [2.45, 2.75) is 32.9 Å². The first-order valence-electron chi connectivity index (χ1n) is 4.91. The van der Waals surface area contributed by atoms with E-state index in [2.05, 4.69) is 0 Å². The van der Waals surface area contributed by atoms with E-state index in [-0.39, 0.29) is 11.5 Å². The van der Waals surface area contributed by atoms with E-state index in [0.29, 0.717) is 0 Å². The van der Waals surface area contributed by atoms with Crippen LogP contribution in [0.25, 0.3) is 0 Å². The van der Waals surface area contributed by atoms with Gasteiger partial charge in [0.05, 0.1) is 6.10 Å². The van der Waals surface area contributed by atoms with Crippen LogP contribution in [0.3, 0.4) is 0 Å². The van der Waals surface area contributed by atoms with Crippen molar-refractivity contribution >= 4 is 0 Å². The van der Waals surface area contributed by atoms with Gasteiger partial charge in [0.1, 0.15) is 0 Å². The highest BCUT2D eigenvalue weighted by atomic mass is 16.3. The number of benzene rings is 1. The molecule has 0 amide bonds. The summed E-state index contributed by atoms with van der Waals surface area (Å²) in [4.78, 5) is 0. The van der Waals surface area contributed by atoms with Gasteiger partial charge in [0, 0.05) is 6.04 Å². The van der Waals surface area contributed by atoms with Gasteiger partial charge in [-0.15, -0.1) is 0 Å². The molecule has 14 heavy (non-hydrogen) atoms. The third-order valence-electron chi connectivity index (χ3n) is 2.48. The third-order valence-corrected chi connectivity index (χ3v) is 2.48. The minimum absolute atomic E-state index is 0.0880. The highest BCUT2D eigenvalue weighted by Gasteiger charge is 2.28. The van der Waals surface area contributed by atoms with Gasteiger partial charge < -0.3 is 10.8 Å². The molecule has 0 saturated carbocycles. The Kier molecular flexibility index (Phi) is 3.29. The molecule has 78 valence electrons. The molecule has 3 N–H and O–H groups in total. The van der Waals surface area contributed by atoms with Crippen LogP contribution in [0.5, 0.6) is 0 Å². The molecule has 0 bridgehead atoms. The standard InChI is InChI=1S/C12H19NO/c1-12(2,3)11(13)10(14)9-7-5-4-6-8-9/h4-8,10-11,14H,13H2,1-3H3. The average Bonchev–Trinajstić information content (AvgIpc) is 2.15. The van der Waals surface area contributed by atoms with E-state index < -0.39 is 6.10 Å². The van der Waals surface area contributed by atoms with Gasteiger partial charge in [-0.25, -0.2) is 0 Å². The Morgan fingerprint density at radius 2 is 1.64 bits per heavy atom. The van der Waals surface area contributed by atoms with E-state index in [0.717, 1.165) is 5.56 Å². The Labute approximate surface area is 85.8 Å². The number of hydrogen-bond acceptors (Lipinski definition) is 2. The normalized spacial score (nSPS) is 16.4. The monoisotopic (exact) mass is 193 g/mol. The van der Waals surface area contributed by atoms with E-state index in [9.17, 15) is 5.11 Å². The third kappa shape index (κ3) is 2.56. The Hall–Kier alpha value is -0.860. The first-order valence-corrected chi connectivity index (χ1v) is 4.91. The summed E-state index contributed by atoms with van der Waals surface area (Å²) in [7, 11) is 0. The van der Waals surface area contributed by atoms with Crippen LogP contribution in [0, 0.1) is 5.41 Å². The summed E-state index contributed by atoms with van der Waals surface area (Å²) in [5.74, 6) is 0. The molecule has 2 nitrogen and oxygen atoms in total. The molecule has 0 fully saturated rings. The number of aliphatic hydroxyl groups is 1. The highest BCUT2D eigenvalue weighted by molar-refractivity contribution is 5.19. The molecule has 0 aromatic heterocycles. The number of hydrogen-bond donors (Lipinski definition) is 2. The molecule has 0 aliphatic carbocycles. The molecule has 0 aliphatic rings. The first-order chi connectivity index (χ1) is 6.43. The molecule has 2 heteroatoms. The molecule has 0 radical (unpaired) electrons. The van der Waals surface area contributed by atoms with Crippen molar-refractivity contribution in [1.29, 1.82) is 0 Å². The Morgan fingerprint density at radius 1 is 1.14 bits per heavy atom. The molecule has 0 saturated heterocycles. The summed E-state index contributed by atoms with van der Waals surface area (Å²) in [6.07, 6.45) is -0.587. The maximum atomic E-state index is 10.00. The summed E-state index contributed by atoms with van der Waals surface area (Å²) in [5.41, 5.74) is 6.77. The van der Waals surface area contributed by atoms with Gasteiger partial charge in [-0.3, -0.25) is 0 Å². The lowest BCUT2D eigenvalue weighted by atomic mass is 9.82. The Balaban J connectivity index is 2.81. The summed E-state index contributed by atoms with van der Waals surface area (Å²) in [6.45, 7) is 6.09. The van der Waals surface area contributed by atoms with Crippen LogP contribution < -0.4 is 5.73 Å². The van der Waals surface area contributed by atoms with Crippen molar-refractivity contribution in [3.8, 4) is 0 Å². The van der Waals surface area contributed by atoms with Crippen molar-refractivity contribution < 1.29 is 5.11 Å². The van der Waals surface area contributed by atoms with Gasteiger partial charge in [-0.1, -0.05) is 51.1 Å². The van der Waals surface area contributed by atoms with Gasteiger partial charge >= 0.3 is 0 Å². The van der Waals surface area contributed by atoms with E-state index in [1.807, 2.05) is 51.1 Å². The van der Waals surface area contributed by atoms with Crippen molar-refractivity contribution in [3.05, 3.63) is 35.9 Å². The van der Waals surface area contributed by atoms with Crippen LogP contribution in [0.1, 0.15) is 32.4 Å². The lowest BCUT2D eigenvalue weighted by molar-refractivity contribution is 0.0926. The Morgan fingerprint density at radius 3 is 2.07 bits per heavy atom. The van der Waals surface area contributed by atoms with Crippen LogP contribution in [-0.2, 0) is 0 Å². The quantitative estimate of drug-likeness (QED) is 0.755. The number of nitrogens with two attached hydrogens (primary N) is 1. The predicted octanol–water partition coefficient (Wildman–Crippen LogP) is 2.09. The van der Waals surface area contributed by atoms with Gasteiger partial charge in [-0.05, 0) is 11.0 Å². The summed E-state index contributed by atoms with van der Waals surface area (Å²) < 4.78 is 0. The van der Waals surface area contributed by atoms with Crippen LogP contribution in [0.15, 0.2) is 30.3 Å². The van der Waals surface area contributed by atoms with Gasteiger partial charge in [0.2, 0.25) is 0 Å². The zero-order chi connectivity index (χ0) is 10.8. The van der Waals surface area contributed by atoms with Gasteiger partial charge in [-0.2, -0.15) is 0 Å². The van der Waals surface area contributed by atoms with Crippen LogP contribution in [0.2, 0.25) is 0 Å². The zero-order valence-corrected chi connectivity index (χ0v) is 9.07. The molecule has 1 aromatic rings. The number of aliphatic hydroxyl groups excluding tert-OH is 1. The van der Waals surface area contributed by atoms with Crippen LogP contribution in [-0.4, -0.2) is 11.1 Å². The topological polar surface area (TPSA) is 46.2 Å². The maximum absolute atomic E-state index is 10.00. The van der Waals surface area contributed by atoms with Crippen molar-refractivity contribution in [3.63, 3.8) is 0 Å². The zero-order valence-electron chi connectivity index (χ0n) is 9.07. The van der Waals surface area contributed by atoms with Crippen molar-refractivity contribution in [2.75, 3.05) is 0 Å². The van der Waals surface area contributed by atoms with E-state index in [1.165, 1.54) is 0 Å². The lowest BCUT2D eigenvalue weighted by Gasteiger charge is -2.31. The molecule has 2 unspecified atom stereocenters. The minimum atomic E-state index is -0.587. The van der Waals surface area contributed by atoms with E-state index in [1.54, 1.807) is 0 Å². The molecule has 0 aliphatic heterocycles. The first kappa shape index (κ1) is 11.2. The maximum Gasteiger partial charge on any atom is 0.0945 e. The molecular formula is C12H19NO. The Bertz CT molecular complexity index is 276. The van der Waals surface area contributed by atoms with Crippen LogP contribution >= 0.6 is 0 Å². The predicted molar refractivity (Wildman–Crippen MR) is 58.8 cm³/mol. The van der Waals surface area contributed by atoms with E-state index >= 15 is 0 Å². The van der Waals surface area contributed by atoms with Crippen molar-refractivity contribution in [2.24, 2.45) is 11.1 Å². The van der Waals surface area contributed by atoms with Crippen molar-refractivity contribution in [1.82, 2.24) is 0 Å². The SMILES string of the molecule is CC(C)(C)C(N)C(O)c1ccccc1. The number of rotatable bonds is 2. The molecule has 2 atom stereocenters. The average molecular weight is 193 g/mol. The molecule has 1 aromatic carbocycles. The summed E-state index contributed by atoms with van der Waals surface area (Å²) in [6, 6.07) is 9.30. The largest absolute Gasteiger partial charge is 0.387 e. The van der Waals surface area contributed by atoms with Crippen LogP contribution in [0.4, 0.5) is 0 Å². The second-order valence-electron chi connectivity index (χ2n) is 4.75. The second-order valence-corrected chi connectivity index (χ2v) is 4.75. The molecule has 0 heterocycles. The highest BCUT2D eigenvalue weighted by Crippen LogP contribution is 2.27.